The highest BCUT2D eigenvalue weighted by molar-refractivity contribution is 6.01. The molecule has 0 spiro atoms. The van der Waals surface area contributed by atoms with Crippen LogP contribution in [0.2, 0.25) is 0 Å². The maximum atomic E-state index is 12.5. The number of carbonyl (C=O) groups is 1. The van der Waals surface area contributed by atoms with Gasteiger partial charge in [0.05, 0.1) is 5.56 Å². The molecule has 0 atom stereocenters. The van der Waals surface area contributed by atoms with Gasteiger partial charge in [0, 0.05) is 12.1 Å². The molecule has 18 heavy (non-hydrogen) atoms. The summed E-state index contributed by atoms with van der Waals surface area (Å²) in [4.78, 5) is 16.6. The first-order valence-electron chi connectivity index (χ1n) is 6.95. The number of nitrogen functional groups attached to an aromatic ring is 1. The summed E-state index contributed by atoms with van der Waals surface area (Å²) in [6.45, 7) is 1.95. The number of anilines is 1. The van der Waals surface area contributed by atoms with Gasteiger partial charge in [-0.05, 0) is 31.4 Å². The Morgan fingerprint density at radius 2 is 1.83 bits per heavy atom. The number of ketones is 1. The van der Waals surface area contributed by atoms with Crippen molar-refractivity contribution in [2.24, 2.45) is 5.92 Å². The van der Waals surface area contributed by atoms with Crippen molar-refractivity contribution in [3.05, 3.63) is 23.4 Å². The second-order valence-electron chi connectivity index (χ2n) is 5.35. The van der Waals surface area contributed by atoms with Gasteiger partial charge in [0.2, 0.25) is 0 Å². The fraction of sp³-hybridized carbons (Fsp3) is 0.600. The van der Waals surface area contributed by atoms with Crippen LogP contribution in [0, 0.1) is 12.8 Å². The fourth-order valence-corrected chi connectivity index (χ4v) is 2.72. The lowest BCUT2D eigenvalue weighted by Gasteiger charge is -2.19. The van der Waals surface area contributed by atoms with Crippen LogP contribution in [0.4, 0.5) is 5.82 Å². The lowest BCUT2D eigenvalue weighted by atomic mass is 9.85. The number of aromatic nitrogens is 1. The van der Waals surface area contributed by atoms with Gasteiger partial charge in [-0.25, -0.2) is 4.98 Å². The Balaban J connectivity index is 2.15. The Morgan fingerprint density at radius 3 is 2.50 bits per heavy atom. The predicted molar refractivity (Wildman–Crippen MR) is 73.5 cm³/mol. The van der Waals surface area contributed by atoms with Crippen molar-refractivity contribution in [2.75, 3.05) is 5.73 Å². The minimum absolute atomic E-state index is 0.149. The van der Waals surface area contributed by atoms with Crippen LogP contribution >= 0.6 is 0 Å². The highest BCUT2D eigenvalue weighted by atomic mass is 16.1. The van der Waals surface area contributed by atoms with E-state index < -0.39 is 0 Å². The highest BCUT2D eigenvalue weighted by Gasteiger charge is 2.22. The van der Waals surface area contributed by atoms with E-state index in [1.165, 1.54) is 19.3 Å². The molecule has 1 aromatic rings. The summed E-state index contributed by atoms with van der Waals surface area (Å²) >= 11 is 0. The number of rotatable bonds is 2. The molecule has 2 rings (SSSR count). The van der Waals surface area contributed by atoms with Gasteiger partial charge in [0.15, 0.2) is 5.78 Å². The monoisotopic (exact) mass is 246 g/mol. The third kappa shape index (κ3) is 3.09. The van der Waals surface area contributed by atoms with Crippen LogP contribution in [-0.2, 0) is 0 Å². The highest BCUT2D eigenvalue weighted by Crippen LogP contribution is 2.27. The van der Waals surface area contributed by atoms with E-state index in [4.69, 9.17) is 5.73 Å². The van der Waals surface area contributed by atoms with Gasteiger partial charge in [0.1, 0.15) is 5.82 Å². The van der Waals surface area contributed by atoms with Crippen molar-refractivity contribution >= 4 is 11.6 Å². The normalized spacial score (nSPS) is 18.1. The SMILES string of the molecule is Cc1cnc(N)c(C(=O)C2CCCCCCC2)c1. The van der Waals surface area contributed by atoms with E-state index in [0.717, 1.165) is 31.2 Å². The van der Waals surface area contributed by atoms with Crippen molar-refractivity contribution in [3.8, 4) is 0 Å². The number of carbonyl (C=O) groups excluding carboxylic acids is 1. The summed E-state index contributed by atoms with van der Waals surface area (Å²) in [5.41, 5.74) is 7.46. The van der Waals surface area contributed by atoms with Gasteiger partial charge in [-0.1, -0.05) is 32.1 Å². The molecule has 1 heterocycles. The summed E-state index contributed by atoms with van der Waals surface area (Å²) in [7, 11) is 0. The van der Waals surface area contributed by atoms with E-state index in [1.807, 2.05) is 13.0 Å². The van der Waals surface area contributed by atoms with Crippen LogP contribution in [0.1, 0.15) is 60.9 Å². The topological polar surface area (TPSA) is 56.0 Å². The average molecular weight is 246 g/mol. The number of hydrogen-bond acceptors (Lipinski definition) is 3. The van der Waals surface area contributed by atoms with E-state index >= 15 is 0 Å². The molecule has 3 nitrogen and oxygen atoms in total. The second kappa shape index (κ2) is 5.98. The Labute approximate surface area is 109 Å². The Kier molecular flexibility index (Phi) is 4.34. The summed E-state index contributed by atoms with van der Waals surface area (Å²) in [6, 6.07) is 1.88. The smallest absolute Gasteiger partial charge is 0.169 e. The van der Waals surface area contributed by atoms with E-state index in [2.05, 4.69) is 4.98 Å². The standard InChI is InChI=1S/C15H22N2O/c1-11-9-13(15(16)17-10-11)14(18)12-7-5-3-2-4-6-8-12/h9-10,12H,2-8H2,1H3,(H2,16,17). The first-order valence-corrected chi connectivity index (χ1v) is 6.95. The molecule has 1 aliphatic carbocycles. The lowest BCUT2D eigenvalue weighted by Crippen LogP contribution is -2.18. The lowest BCUT2D eigenvalue weighted by molar-refractivity contribution is 0.0899. The predicted octanol–water partition coefficient (Wildman–Crippen LogP) is 3.52. The van der Waals surface area contributed by atoms with Crippen LogP contribution in [-0.4, -0.2) is 10.8 Å². The first-order chi connectivity index (χ1) is 8.68. The van der Waals surface area contributed by atoms with Crippen molar-refractivity contribution in [3.63, 3.8) is 0 Å². The van der Waals surface area contributed by atoms with Gasteiger partial charge in [0.25, 0.3) is 0 Å². The van der Waals surface area contributed by atoms with Crippen LogP contribution in [0.25, 0.3) is 0 Å². The maximum Gasteiger partial charge on any atom is 0.169 e. The van der Waals surface area contributed by atoms with E-state index in [9.17, 15) is 4.79 Å². The van der Waals surface area contributed by atoms with Crippen LogP contribution < -0.4 is 5.73 Å². The molecular weight excluding hydrogens is 224 g/mol. The number of Topliss-reactive ketones (excluding diaryl/α,β-unsaturated/α-hetero) is 1. The molecule has 0 aromatic carbocycles. The van der Waals surface area contributed by atoms with E-state index in [1.54, 1.807) is 6.20 Å². The fourth-order valence-electron chi connectivity index (χ4n) is 2.72. The number of nitrogens with zero attached hydrogens (tertiary/aromatic N) is 1. The minimum Gasteiger partial charge on any atom is -0.383 e. The molecule has 0 radical (unpaired) electrons. The van der Waals surface area contributed by atoms with E-state index in [-0.39, 0.29) is 11.7 Å². The first kappa shape index (κ1) is 13.1. The quantitative estimate of drug-likeness (QED) is 0.812. The minimum atomic E-state index is 0.149. The van der Waals surface area contributed by atoms with Crippen LogP contribution in [0.3, 0.4) is 0 Å². The molecule has 1 saturated carbocycles. The number of pyridine rings is 1. The number of aryl methyl sites for hydroxylation is 1. The van der Waals surface area contributed by atoms with Crippen molar-refractivity contribution in [1.82, 2.24) is 4.98 Å². The zero-order valence-electron chi connectivity index (χ0n) is 11.1. The van der Waals surface area contributed by atoms with Gasteiger partial charge in [-0.3, -0.25) is 4.79 Å². The van der Waals surface area contributed by atoms with Gasteiger partial charge < -0.3 is 5.73 Å². The van der Waals surface area contributed by atoms with Crippen LogP contribution in [0.15, 0.2) is 12.3 Å². The zero-order chi connectivity index (χ0) is 13.0. The van der Waals surface area contributed by atoms with Crippen LogP contribution in [0.5, 0.6) is 0 Å². The third-order valence-corrected chi connectivity index (χ3v) is 3.80. The molecule has 0 saturated heterocycles. The Morgan fingerprint density at radius 1 is 1.22 bits per heavy atom. The molecule has 3 heteroatoms. The molecule has 1 aliphatic rings. The summed E-state index contributed by atoms with van der Waals surface area (Å²) < 4.78 is 0. The second-order valence-corrected chi connectivity index (χ2v) is 5.35. The van der Waals surface area contributed by atoms with Gasteiger partial charge in [-0.2, -0.15) is 0 Å². The molecular formula is C15H22N2O. The zero-order valence-corrected chi connectivity index (χ0v) is 11.1. The molecule has 98 valence electrons. The average Bonchev–Trinajstić information content (AvgIpc) is 2.31. The molecule has 2 N–H and O–H groups in total. The van der Waals surface area contributed by atoms with Gasteiger partial charge >= 0.3 is 0 Å². The number of hydrogen-bond donors (Lipinski definition) is 1. The van der Waals surface area contributed by atoms with E-state index in [0.29, 0.717) is 11.4 Å². The van der Waals surface area contributed by atoms with Gasteiger partial charge in [-0.15, -0.1) is 0 Å². The summed E-state index contributed by atoms with van der Waals surface area (Å²) in [6.07, 6.45) is 9.87. The van der Waals surface area contributed by atoms with Crippen molar-refractivity contribution < 1.29 is 4.79 Å². The number of nitrogens with two attached hydrogens (primary N) is 1. The molecule has 0 amide bonds. The molecule has 0 unspecified atom stereocenters. The summed E-state index contributed by atoms with van der Waals surface area (Å²) in [5.74, 6) is 0.731. The largest absolute Gasteiger partial charge is 0.383 e. The molecule has 0 bridgehead atoms. The third-order valence-electron chi connectivity index (χ3n) is 3.80. The summed E-state index contributed by atoms with van der Waals surface area (Å²) in [5, 5.41) is 0. The Hall–Kier alpha value is -1.38. The maximum absolute atomic E-state index is 12.5. The Bertz CT molecular complexity index is 421. The molecule has 1 fully saturated rings. The molecule has 0 aliphatic heterocycles. The van der Waals surface area contributed by atoms with Crippen molar-refractivity contribution in [2.45, 2.75) is 51.9 Å². The van der Waals surface area contributed by atoms with Crippen molar-refractivity contribution in [1.29, 1.82) is 0 Å². The molecule has 1 aromatic heterocycles.